The van der Waals surface area contributed by atoms with Crippen molar-refractivity contribution in [3.63, 3.8) is 0 Å². The minimum atomic E-state index is -0.507. The molecule has 2 rings (SSSR count). The van der Waals surface area contributed by atoms with E-state index in [9.17, 15) is 9.90 Å². The summed E-state index contributed by atoms with van der Waals surface area (Å²) >= 11 is 0. The van der Waals surface area contributed by atoms with Crippen LogP contribution in [0.2, 0.25) is 0 Å². The van der Waals surface area contributed by atoms with Crippen LogP contribution in [0, 0.1) is 5.92 Å². The number of aliphatic hydroxyl groups is 1. The van der Waals surface area contributed by atoms with E-state index in [1.807, 2.05) is 56.3 Å². The van der Waals surface area contributed by atoms with Crippen LogP contribution >= 0.6 is 0 Å². The summed E-state index contributed by atoms with van der Waals surface area (Å²) < 4.78 is 0. The highest BCUT2D eigenvalue weighted by Crippen LogP contribution is 2.18. The molecule has 2 aromatic rings. The van der Waals surface area contributed by atoms with Crippen molar-refractivity contribution in [3.05, 3.63) is 42.5 Å². The topological polar surface area (TPSA) is 61.4 Å². The zero-order valence-corrected chi connectivity index (χ0v) is 12.5. The molecule has 0 saturated heterocycles. The fourth-order valence-electron chi connectivity index (χ4n) is 2.28. The number of carbonyl (C=O) groups excluding carboxylic acids is 1. The molecule has 2 amide bonds. The lowest BCUT2D eigenvalue weighted by Gasteiger charge is -2.14. The van der Waals surface area contributed by atoms with E-state index < -0.39 is 6.10 Å². The van der Waals surface area contributed by atoms with Gasteiger partial charge in [0.1, 0.15) is 0 Å². The third-order valence-electron chi connectivity index (χ3n) is 3.25. The fraction of sp³-hybridized carbons (Fsp3) is 0.353. The maximum Gasteiger partial charge on any atom is 0.319 e. The smallest absolute Gasteiger partial charge is 0.319 e. The number of hydrogen-bond donors (Lipinski definition) is 3. The van der Waals surface area contributed by atoms with Crippen LogP contribution in [-0.4, -0.2) is 23.8 Å². The number of benzene rings is 2. The van der Waals surface area contributed by atoms with Gasteiger partial charge in [0, 0.05) is 12.2 Å². The van der Waals surface area contributed by atoms with Gasteiger partial charge in [0.15, 0.2) is 0 Å². The number of urea groups is 1. The lowest BCUT2D eigenvalue weighted by Crippen LogP contribution is -2.35. The SMILES string of the molecule is CC(C)CC(O)CNC(=O)Nc1ccc2ccccc2c1. The van der Waals surface area contributed by atoms with Crippen LogP contribution in [0.5, 0.6) is 0 Å². The van der Waals surface area contributed by atoms with Gasteiger partial charge >= 0.3 is 6.03 Å². The second kappa shape index (κ2) is 7.09. The van der Waals surface area contributed by atoms with Gasteiger partial charge in [-0.1, -0.05) is 44.2 Å². The van der Waals surface area contributed by atoms with E-state index in [4.69, 9.17) is 0 Å². The molecule has 0 aliphatic rings. The summed E-state index contributed by atoms with van der Waals surface area (Å²) in [4.78, 5) is 11.8. The molecule has 2 aromatic carbocycles. The third-order valence-corrected chi connectivity index (χ3v) is 3.25. The molecule has 0 heterocycles. The van der Waals surface area contributed by atoms with Gasteiger partial charge in [0.05, 0.1) is 6.10 Å². The van der Waals surface area contributed by atoms with Gasteiger partial charge < -0.3 is 15.7 Å². The minimum absolute atomic E-state index is 0.262. The van der Waals surface area contributed by atoms with Gasteiger partial charge in [-0.2, -0.15) is 0 Å². The van der Waals surface area contributed by atoms with Crippen LogP contribution in [0.4, 0.5) is 10.5 Å². The summed E-state index contributed by atoms with van der Waals surface area (Å²) in [7, 11) is 0. The van der Waals surface area contributed by atoms with E-state index in [2.05, 4.69) is 10.6 Å². The Bertz CT molecular complexity index is 611. The predicted octanol–water partition coefficient (Wildman–Crippen LogP) is 3.37. The first-order valence-electron chi connectivity index (χ1n) is 7.26. The largest absolute Gasteiger partial charge is 0.391 e. The second-order valence-corrected chi connectivity index (χ2v) is 5.68. The molecule has 0 bridgehead atoms. The van der Waals surface area contributed by atoms with Gasteiger partial charge in [-0.05, 0) is 35.2 Å². The molecule has 112 valence electrons. The first-order chi connectivity index (χ1) is 10.0. The van der Waals surface area contributed by atoms with Crippen molar-refractivity contribution in [2.24, 2.45) is 5.92 Å². The van der Waals surface area contributed by atoms with Crippen LogP contribution in [0.25, 0.3) is 10.8 Å². The molecular formula is C17H22N2O2. The van der Waals surface area contributed by atoms with Gasteiger partial charge in [0.25, 0.3) is 0 Å². The summed E-state index contributed by atoms with van der Waals surface area (Å²) in [5, 5.41) is 17.4. The standard InChI is InChI=1S/C17H22N2O2/c1-12(2)9-16(20)11-18-17(21)19-15-8-7-13-5-3-4-6-14(13)10-15/h3-8,10,12,16,20H,9,11H2,1-2H3,(H2,18,19,21). The second-order valence-electron chi connectivity index (χ2n) is 5.68. The van der Waals surface area contributed by atoms with Crippen molar-refractivity contribution in [3.8, 4) is 0 Å². The number of aliphatic hydroxyl groups excluding tert-OH is 1. The molecule has 0 aliphatic heterocycles. The zero-order valence-electron chi connectivity index (χ0n) is 12.5. The third kappa shape index (κ3) is 4.76. The Morgan fingerprint density at radius 3 is 2.57 bits per heavy atom. The summed E-state index contributed by atoms with van der Waals surface area (Å²) in [6.45, 7) is 4.34. The van der Waals surface area contributed by atoms with Gasteiger partial charge in [-0.25, -0.2) is 4.79 Å². The number of fused-ring (bicyclic) bond motifs is 1. The predicted molar refractivity (Wildman–Crippen MR) is 86.4 cm³/mol. The Labute approximate surface area is 125 Å². The molecule has 3 N–H and O–H groups in total. The first kappa shape index (κ1) is 15.3. The molecule has 1 atom stereocenters. The molecule has 0 aromatic heterocycles. The average Bonchev–Trinajstić information content (AvgIpc) is 2.44. The molecule has 0 aliphatic carbocycles. The number of anilines is 1. The molecule has 0 radical (unpaired) electrons. The molecule has 4 heteroatoms. The zero-order chi connectivity index (χ0) is 15.2. The molecule has 0 saturated carbocycles. The van der Waals surface area contributed by atoms with Crippen LogP contribution < -0.4 is 10.6 Å². The summed E-state index contributed by atoms with van der Waals surface area (Å²) in [6.07, 6.45) is 0.170. The maximum absolute atomic E-state index is 11.8. The van der Waals surface area contributed by atoms with Gasteiger partial charge in [0.2, 0.25) is 0 Å². The van der Waals surface area contributed by atoms with Gasteiger partial charge in [-0.15, -0.1) is 0 Å². The lowest BCUT2D eigenvalue weighted by molar-refractivity contribution is 0.148. The Kier molecular flexibility index (Phi) is 5.17. The van der Waals surface area contributed by atoms with Crippen molar-refractivity contribution in [2.75, 3.05) is 11.9 Å². The number of hydrogen-bond acceptors (Lipinski definition) is 2. The Balaban J connectivity index is 1.89. The van der Waals surface area contributed by atoms with E-state index in [1.54, 1.807) is 0 Å². The molecule has 4 nitrogen and oxygen atoms in total. The van der Waals surface area contributed by atoms with Crippen LogP contribution in [0.15, 0.2) is 42.5 Å². The number of amides is 2. The number of carbonyl (C=O) groups is 1. The first-order valence-corrected chi connectivity index (χ1v) is 7.26. The van der Waals surface area contributed by atoms with Crippen LogP contribution in [-0.2, 0) is 0 Å². The van der Waals surface area contributed by atoms with E-state index in [-0.39, 0.29) is 12.6 Å². The molecule has 1 unspecified atom stereocenters. The summed E-state index contributed by atoms with van der Waals surface area (Å²) in [6, 6.07) is 13.5. The minimum Gasteiger partial charge on any atom is -0.391 e. The Morgan fingerprint density at radius 2 is 1.86 bits per heavy atom. The Morgan fingerprint density at radius 1 is 1.14 bits per heavy atom. The maximum atomic E-state index is 11.8. The van der Waals surface area contributed by atoms with Crippen molar-refractivity contribution in [1.82, 2.24) is 5.32 Å². The van der Waals surface area contributed by atoms with E-state index in [0.717, 1.165) is 16.5 Å². The van der Waals surface area contributed by atoms with Crippen molar-refractivity contribution in [1.29, 1.82) is 0 Å². The average molecular weight is 286 g/mol. The number of rotatable bonds is 5. The Hall–Kier alpha value is -2.07. The molecule has 21 heavy (non-hydrogen) atoms. The molecule has 0 spiro atoms. The molecule has 0 fully saturated rings. The summed E-state index contributed by atoms with van der Waals surface area (Å²) in [5.74, 6) is 0.408. The highest BCUT2D eigenvalue weighted by atomic mass is 16.3. The summed E-state index contributed by atoms with van der Waals surface area (Å²) in [5.41, 5.74) is 0.740. The van der Waals surface area contributed by atoms with Crippen molar-refractivity contribution < 1.29 is 9.90 Å². The lowest BCUT2D eigenvalue weighted by atomic mass is 10.1. The monoisotopic (exact) mass is 286 g/mol. The highest BCUT2D eigenvalue weighted by Gasteiger charge is 2.09. The fourth-order valence-corrected chi connectivity index (χ4v) is 2.28. The van der Waals surface area contributed by atoms with E-state index in [1.165, 1.54) is 0 Å². The quantitative estimate of drug-likeness (QED) is 0.789. The van der Waals surface area contributed by atoms with Crippen LogP contribution in [0.3, 0.4) is 0 Å². The normalized spacial score (nSPS) is 12.4. The van der Waals surface area contributed by atoms with Crippen molar-refractivity contribution in [2.45, 2.75) is 26.4 Å². The van der Waals surface area contributed by atoms with Crippen molar-refractivity contribution >= 4 is 22.5 Å². The molecular weight excluding hydrogens is 264 g/mol. The van der Waals surface area contributed by atoms with E-state index in [0.29, 0.717) is 12.3 Å². The van der Waals surface area contributed by atoms with Gasteiger partial charge in [-0.3, -0.25) is 0 Å². The van der Waals surface area contributed by atoms with Crippen LogP contribution in [0.1, 0.15) is 20.3 Å². The number of nitrogens with one attached hydrogen (secondary N) is 2. The van der Waals surface area contributed by atoms with E-state index >= 15 is 0 Å². The highest BCUT2D eigenvalue weighted by molar-refractivity contribution is 5.93.